The third-order valence-electron chi connectivity index (χ3n) is 3.10. The van der Waals surface area contributed by atoms with Gasteiger partial charge in [-0.2, -0.15) is 5.26 Å². The molecule has 0 aromatic heterocycles. The number of nitriles is 1. The molecule has 0 spiro atoms. The molecule has 1 N–H and O–H groups in total. The third-order valence-corrected chi connectivity index (χ3v) is 3.33. The lowest BCUT2D eigenvalue weighted by molar-refractivity contribution is 0.114. The lowest BCUT2D eigenvalue weighted by Crippen LogP contribution is -2.42. The molecule has 1 saturated heterocycles. The van der Waals surface area contributed by atoms with Crippen LogP contribution >= 0.6 is 11.6 Å². The Morgan fingerprint density at radius 2 is 2.35 bits per heavy atom. The van der Waals surface area contributed by atoms with Crippen molar-refractivity contribution in [2.75, 3.05) is 13.1 Å². The minimum Gasteiger partial charge on any atom is -0.487 e. The van der Waals surface area contributed by atoms with Crippen LogP contribution in [0.3, 0.4) is 0 Å². The summed E-state index contributed by atoms with van der Waals surface area (Å²) in [7, 11) is 0. The van der Waals surface area contributed by atoms with Crippen LogP contribution in [0.25, 0.3) is 0 Å². The predicted molar refractivity (Wildman–Crippen MR) is 67.2 cm³/mol. The molecule has 17 heavy (non-hydrogen) atoms. The van der Waals surface area contributed by atoms with Gasteiger partial charge < -0.3 is 10.1 Å². The summed E-state index contributed by atoms with van der Waals surface area (Å²) in [6.07, 6.45) is 1.22. The number of ether oxygens (including phenoxy) is 1. The molecule has 90 valence electrons. The molecule has 1 aromatic carbocycles. The highest BCUT2D eigenvalue weighted by atomic mass is 35.5. The van der Waals surface area contributed by atoms with Crippen molar-refractivity contribution in [3.05, 3.63) is 28.8 Å². The zero-order valence-corrected chi connectivity index (χ0v) is 10.5. The monoisotopic (exact) mass is 250 g/mol. The van der Waals surface area contributed by atoms with E-state index in [0.29, 0.717) is 22.3 Å². The van der Waals surface area contributed by atoms with E-state index in [2.05, 4.69) is 18.3 Å². The second kappa shape index (κ2) is 5.39. The Balaban J connectivity index is 2.15. The molecule has 3 nitrogen and oxygen atoms in total. The van der Waals surface area contributed by atoms with Crippen molar-refractivity contribution in [2.45, 2.75) is 19.4 Å². The van der Waals surface area contributed by atoms with Crippen molar-refractivity contribution >= 4 is 11.6 Å². The first-order chi connectivity index (χ1) is 8.20. The lowest BCUT2D eigenvalue weighted by atomic mass is 9.97. The first-order valence-electron chi connectivity index (χ1n) is 5.77. The first-order valence-corrected chi connectivity index (χ1v) is 6.15. The molecule has 0 bridgehead atoms. The van der Waals surface area contributed by atoms with Gasteiger partial charge in [0.25, 0.3) is 0 Å². The Morgan fingerprint density at radius 3 is 3.06 bits per heavy atom. The standard InChI is InChI=1S/C13H15ClN2O/c1-9-4-5-16-8-13(9)17-12-3-2-11(14)6-10(12)7-15/h2-3,6,9,13,16H,4-5,8H2,1H3. The maximum Gasteiger partial charge on any atom is 0.137 e. The molecule has 2 rings (SSSR count). The summed E-state index contributed by atoms with van der Waals surface area (Å²) in [5, 5.41) is 12.9. The van der Waals surface area contributed by atoms with E-state index in [1.807, 2.05) is 0 Å². The predicted octanol–water partition coefficient (Wildman–Crippen LogP) is 2.59. The molecule has 1 aliphatic heterocycles. The highest BCUT2D eigenvalue weighted by Crippen LogP contribution is 2.25. The smallest absolute Gasteiger partial charge is 0.137 e. The normalized spacial score (nSPS) is 24.1. The first kappa shape index (κ1) is 12.2. The Hall–Kier alpha value is -1.24. The lowest BCUT2D eigenvalue weighted by Gasteiger charge is -2.30. The van der Waals surface area contributed by atoms with Gasteiger partial charge in [0.2, 0.25) is 0 Å². The van der Waals surface area contributed by atoms with Gasteiger partial charge in [0.05, 0.1) is 5.56 Å². The number of nitrogens with one attached hydrogen (secondary N) is 1. The number of piperidine rings is 1. The molecular weight excluding hydrogens is 236 g/mol. The molecule has 1 aromatic rings. The second-order valence-corrected chi connectivity index (χ2v) is 4.82. The Kier molecular flexibility index (Phi) is 3.88. The Labute approximate surface area is 106 Å². The summed E-state index contributed by atoms with van der Waals surface area (Å²) in [5.74, 6) is 1.12. The van der Waals surface area contributed by atoms with Gasteiger partial charge in [0.1, 0.15) is 17.9 Å². The van der Waals surface area contributed by atoms with E-state index in [1.54, 1.807) is 18.2 Å². The van der Waals surface area contributed by atoms with Crippen LogP contribution in [0.1, 0.15) is 18.9 Å². The molecular formula is C13H15ClN2O. The molecule has 1 fully saturated rings. The number of nitrogens with zero attached hydrogens (tertiary/aromatic N) is 1. The van der Waals surface area contributed by atoms with Gasteiger partial charge in [0.15, 0.2) is 0 Å². The van der Waals surface area contributed by atoms with E-state index in [-0.39, 0.29) is 6.10 Å². The molecule has 0 amide bonds. The molecule has 0 saturated carbocycles. The molecule has 1 heterocycles. The van der Waals surface area contributed by atoms with Crippen LogP contribution in [-0.2, 0) is 0 Å². The quantitative estimate of drug-likeness (QED) is 0.878. The van der Waals surface area contributed by atoms with Crippen LogP contribution in [0.15, 0.2) is 18.2 Å². The summed E-state index contributed by atoms with van der Waals surface area (Å²) < 4.78 is 5.90. The van der Waals surface area contributed by atoms with E-state index in [4.69, 9.17) is 21.6 Å². The average Bonchev–Trinajstić information content (AvgIpc) is 2.34. The van der Waals surface area contributed by atoms with Crippen molar-refractivity contribution in [3.8, 4) is 11.8 Å². The summed E-state index contributed by atoms with van der Waals surface area (Å²) in [5.41, 5.74) is 0.496. The van der Waals surface area contributed by atoms with Gasteiger partial charge in [-0.1, -0.05) is 18.5 Å². The van der Waals surface area contributed by atoms with Gasteiger partial charge in [-0.05, 0) is 37.1 Å². The zero-order valence-electron chi connectivity index (χ0n) is 9.74. The topological polar surface area (TPSA) is 45.0 Å². The fourth-order valence-electron chi connectivity index (χ4n) is 1.97. The fourth-order valence-corrected chi connectivity index (χ4v) is 2.15. The van der Waals surface area contributed by atoms with Crippen LogP contribution in [-0.4, -0.2) is 19.2 Å². The Morgan fingerprint density at radius 1 is 1.53 bits per heavy atom. The van der Waals surface area contributed by atoms with E-state index in [1.165, 1.54) is 0 Å². The number of hydrogen-bond acceptors (Lipinski definition) is 3. The fraction of sp³-hybridized carbons (Fsp3) is 0.462. The zero-order chi connectivity index (χ0) is 12.3. The van der Waals surface area contributed by atoms with Crippen molar-refractivity contribution in [2.24, 2.45) is 5.92 Å². The van der Waals surface area contributed by atoms with Crippen molar-refractivity contribution in [1.82, 2.24) is 5.32 Å². The molecule has 0 aliphatic carbocycles. The van der Waals surface area contributed by atoms with Crippen LogP contribution in [0.2, 0.25) is 5.02 Å². The van der Waals surface area contributed by atoms with Crippen LogP contribution in [0.4, 0.5) is 0 Å². The highest BCUT2D eigenvalue weighted by Gasteiger charge is 2.23. The Bertz CT molecular complexity index is 442. The summed E-state index contributed by atoms with van der Waals surface area (Å²) >= 11 is 5.85. The van der Waals surface area contributed by atoms with E-state index in [9.17, 15) is 0 Å². The molecule has 0 radical (unpaired) electrons. The van der Waals surface area contributed by atoms with Gasteiger partial charge in [-0.15, -0.1) is 0 Å². The van der Waals surface area contributed by atoms with Crippen LogP contribution < -0.4 is 10.1 Å². The van der Waals surface area contributed by atoms with Crippen LogP contribution in [0, 0.1) is 17.2 Å². The van der Waals surface area contributed by atoms with Gasteiger partial charge in [-0.25, -0.2) is 0 Å². The SMILES string of the molecule is CC1CCNCC1Oc1ccc(Cl)cc1C#N. The number of hydrogen-bond donors (Lipinski definition) is 1. The molecule has 2 atom stereocenters. The number of halogens is 1. The molecule has 2 unspecified atom stereocenters. The average molecular weight is 251 g/mol. The number of benzene rings is 1. The summed E-state index contributed by atoms with van der Waals surface area (Å²) in [4.78, 5) is 0. The molecule has 1 aliphatic rings. The maximum absolute atomic E-state index is 9.03. The van der Waals surface area contributed by atoms with Crippen LogP contribution in [0.5, 0.6) is 5.75 Å². The van der Waals surface area contributed by atoms with E-state index in [0.717, 1.165) is 19.5 Å². The highest BCUT2D eigenvalue weighted by molar-refractivity contribution is 6.30. The third kappa shape index (κ3) is 2.91. The van der Waals surface area contributed by atoms with Gasteiger partial charge in [-0.3, -0.25) is 0 Å². The van der Waals surface area contributed by atoms with Crippen molar-refractivity contribution in [3.63, 3.8) is 0 Å². The van der Waals surface area contributed by atoms with Crippen molar-refractivity contribution in [1.29, 1.82) is 5.26 Å². The number of rotatable bonds is 2. The summed E-state index contributed by atoms with van der Waals surface area (Å²) in [6, 6.07) is 7.26. The second-order valence-electron chi connectivity index (χ2n) is 4.38. The largest absolute Gasteiger partial charge is 0.487 e. The maximum atomic E-state index is 9.03. The van der Waals surface area contributed by atoms with E-state index < -0.39 is 0 Å². The van der Waals surface area contributed by atoms with E-state index >= 15 is 0 Å². The minimum atomic E-state index is 0.122. The van der Waals surface area contributed by atoms with Gasteiger partial charge >= 0.3 is 0 Å². The summed E-state index contributed by atoms with van der Waals surface area (Å²) in [6.45, 7) is 4.04. The van der Waals surface area contributed by atoms with Gasteiger partial charge in [0, 0.05) is 11.6 Å². The molecule has 4 heteroatoms. The minimum absolute atomic E-state index is 0.122. The van der Waals surface area contributed by atoms with Crippen molar-refractivity contribution < 1.29 is 4.74 Å².